The van der Waals surface area contributed by atoms with Crippen molar-refractivity contribution < 1.29 is 19.1 Å². The van der Waals surface area contributed by atoms with Crippen molar-refractivity contribution in [3.8, 4) is 5.75 Å². The highest BCUT2D eigenvalue weighted by atomic mass is 35.5. The molecule has 0 aliphatic carbocycles. The summed E-state index contributed by atoms with van der Waals surface area (Å²) >= 11 is 5.97. The van der Waals surface area contributed by atoms with Gasteiger partial charge in [0.2, 0.25) is 11.8 Å². The Bertz CT molecular complexity index is 871. The number of methoxy groups -OCH3 is 1. The molecule has 0 saturated carbocycles. The Balaban J connectivity index is 1.89. The van der Waals surface area contributed by atoms with Crippen LogP contribution in [0.25, 0.3) is 0 Å². The monoisotopic (exact) mass is 431 g/mol. The number of nitrogens with one attached hydrogen (secondary N) is 2. The van der Waals surface area contributed by atoms with Crippen LogP contribution in [0.1, 0.15) is 30.1 Å². The fraction of sp³-hybridized carbons (Fsp3) is 0.318. The van der Waals surface area contributed by atoms with Crippen LogP contribution in [0.5, 0.6) is 5.75 Å². The molecule has 2 aromatic carbocycles. The molecular weight excluding hydrogens is 406 g/mol. The molecule has 8 heteroatoms. The van der Waals surface area contributed by atoms with Gasteiger partial charge in [-0.15, -0.1) is 0 Å². The maximum Gasteiger partial charge on any atom is 0.254 e. The van der Waals surface area contributed by atoms with Crippen LogP contribution in [0.2, 0.25) is 5.02 Å². The average Bonchev–Trinajstić information content (AvgIpc) is 2.75. The summed E-state index contributed by atoms with van der Waals surface area (Å²) in [6, 6.07) is 13.5. The number of unbranched alkanes of at least 4 members (excludes halogenated alkanes) is 1. The van der Waals surface area contributed by atoms with Gasteiger partial charge in [-0.25, -0.2) is 0 Å². The van der Waals surface area contributed by atoms with Gasteiger partial charge in [-0.05, 0) is 48.9 Å². The first kappa shape index (κ1) is 23.2. The summed E-state index contributed by atoms with van der Waals surface area (Å²) in [5, 5.41) is 5.70. The van der Waals surface area contributed by atoms with Crippen molar-refractivity contribution in [1.29, 1.82) is 0 Å². The standard InChI is InChI=1S/C22H26ClN3O4/c1-3-4-12-26(22(29)16-6-5-7-17(23)13-16)15-21(28)24-14-20(27)25-18-8-10-19(30-2)11-9-18/h5-11,13H,3-4,12,14-15H2,1-2H3,(H,24,28)(H,25,27). The summed E-state index contributed by atoms with van der Waals surface area (Å²) in [6.07, 6.45) is 1.64. The third kappa shape index (κ3) is 7.40. The first-order chi connectivity index (χ1) is 14.4. The van der Waals surface area contributed by atoms with E-state index >= 15 is 0 Å². The van der Waals surface area contributed by atoms with Crippen molar-refractivity contribution in [2.24, 2.45) is 0 Å². The van der Waals surface area contributed by atoms with Crippen molar-refractivity contribution in [1.82, 2.24) is 10.2 Å². The number of ether oxygens (including phenoxy) is 1. The van der Waals surface area contributed by atoms with E-state index < -0.39 is 5.91 Å². The van der Waals surface area contributed by atoms with Gasteiger partial charge in [-0.3, -0.25) is 14.4 Å². The molecule has 0 aliphatic rings. The number of anilines is 1. The van der Waals surface area contributed by atoms with E-state index in [0.29, 0.717) is 28.6 Å². The van der Waals surface area contributed by atoms with Crippen LogP contribution >= 0.6 is 11.6 Å². The van der Waals surface area contributed by atoms with Gasteiger partial charge in [0, 0.05) is 22.8 Å². The molecule has 0 aromatic heterocycles. The minimum atomic E-state index is -0.411. The highest BCUT2D eigenvalue weighted by molar-refractivity contribution is 6.31. The number of benzene rings is 2. The number of carbonyl (C=O) groups is 3. The molecule has 0 radical (unpaired) electrons. The summed E-state index contributed by atoms with van der Waals surface area (Å²) in [6.45, 7) is 2.11. The summed E-state index contributed by atoms with van der Waals surface area (Å²) in [7, 11) is 1.56. The van der Waals surface area contributed by atoms with Gasteiger partial charge >= 0.3 is 0 Å². The molecule has 7 nitrogen and oxygen atoms in total. The summed E-state index contributed by atoms with van der Waals surface area (Å²) in [4.78, 5) is 38.6. The van der Waals surface area contributed by atoms with E-state index in [0.717, 1.165) is 12.8 Å². The molecule has 3 amide bonds. The number of rotatable bonds is 10. The van der Waals surface area contributed by atoms with E-state index in [1.54, 1.807) is 55.6 Å². The molecule has 2 aromatic rings. The second-order valence-corrected chi connectivity index (χ2v) is 7.08. The Labute approximate surface area is 181 Å². The number of nitrogens with zero attached hydrogens (tertiary/aromatic N) is 1. The SMILES string of the molecule is CCCCN(CC(=O)NCC(=O)Nc1ccc(OC)cc1)C(=O)c1cccc(Cl)c1. The molecule has 0 atom stereocenters. The molecule has 0 saturated heterocycles. The van der Waals surface area contributed by atoms with Crippen molar-refractivity contribution in [2.45, 2.75) is 19.8 Å². The number of halogens is 1. The highest BCUT2D eigenvalue weighted by Crippen LogP contribution is 2.15. The fourth-order valence-corrected chi connectivity index (χ4v) is 2.88. The van der Waals surface area contributed by atoms with Gasteiger partial charge in [0.05, 0.1) is 20.2 Å². The Hall–Kier alpha value is -3.06. The molecule has 160 valence electrons. The Morgan fingerprint density at radius 1 is 1.07 bits per heavy atom. The van der Waals surface area contributed by atoms with Gasteiger partial charge in [-0.2, -0.15) is 0 Å². The smallest absolute Gasteiger partial charge is 0.254 e. The molecule has 0 bridgehead atoms. The minimum absolute atomic E-state index is 0.138. The largest absolute Gasteiger partial charge is 0.497 e. The van der Waals surface area contributed by atoms with Crippen molar-refractivity contribution >= 4 is 35.0 Å². The third-order valence-corrected chi connectivity index (χ3v) is 4.53. The quantitative estimate of drug-likeness (QED) is 0.604. The third-order valence-electron chi connectivity index (χ3n) is 4.29. The lowest BCUT2D eigenvalue weighted by Crippen LogP contribution is -2.43. The molecule has 2 N–H and O–H groups in total. The lowest BCUT2D eigenvalue weighted by Gasteiger charge is -2.22. The Morgan fingerprint density at radius 3 is 2.43 bits per heavy atom. The minimum Gasteiger partial charge on any atom is -0.497 e. The van der Waals surface area contributed by atoms with Crippen LogP contribution in [0.3, 0.4) is 0 Å². The van der Waals surface area contributed by atoms with Gasteiger partial charge < -0.3 is 20.3 Å². The molecule has 30 heavy (non-hydrogen) atoms. The zero-order valence-corrected chi connectivity index (χ0v) is 17.9. The number of carbonyl (C=O) groups excluding carboxylic acids is 3. The van der Waals surface area contributed by atoms with Crippen LogP contribution in [0.4, 0.5) is 5.69 Å². The lowest BCUT2D eigenvalue weighted by atomic mass is 10.2. The predicted octanol–water partition coefficient (Wildman–Crippen LogP) is 3.35. The molecule has 0 aliphatic heterocycles. The van der Waals surface area contributed by atoms with Crippen LogP contribution in [0.15, 0.2) is 48.5 Å². The van der Waals surface area contributed by atoms with E-state index in [9.17, 15) is 14.4 Å². The average molecular weight is 432 g/mol. The van der Waals surface area contributed by atoms with Crippen LogP contribution in [-0.2, 0) is 9.59 Å². The summed E-state index contributed by atoms with van der Waals surface area (Å²) < 4.78 is 5.07. The maximum absolute atomic E-state index is 12.8. The van der Waals surface area contributed by atoms with Gasteiger partial charge in [0.25, 0.3) is 5.91 Å². The van der Waals surface area contributed by atoms with E-state index in [4.69, 9.17) is 16.3 Å². The van der Waals surface area contributed by atoms with Crippen LogP contribution in [0, 0.1) is 0 Å². The molecule has 0 spiro atoms. The number of hydrogen-bond donors (Lipinski definition) is 2. The van der Waals surface area contributed by atoms with E-state index in [2.05, 4.69) is 10.6 Å². The van der Waals surface area contributed by atoms with Gasteiger partial charge in [0.1, 0.15) is 5.75 Å². The van der Waals surface area contributed by atoms with E-state index in [-0.39, 0.29) is 24.9 Å². The maximum atomic E-state index is 12.8. The van der Waals surface area contributed by atoms with Gasteiger partial charge in [0.15, 0.2) is 0 Å². The topological polar surface area (TPSA) is 87.7 Å². The van der Waals surface area contributed by atoms with Crippen LogP contribution in [-0.4, -0.2) is 49.4 Å². The summed E-state index contributed by atoms with van der Waals surface area (Å²) in [5.74, 6) is -0.372. The first-order valence-corrected chi connectivity index (χ1v) is 10.1. The Kier molecular flexibility index (Phi) is 9.15. The molecule has 0 heterocycles. The van der Waals surface area contributed by atoms with Gasteiger partial charge in [-0.1, -0.05) is 31.0 Å². The van der Waals surface area contributed by atoms with Crippen molar-refractivity contribution in [2.75, 3.05) is 32.1 Å². The van der Waals surface area contributed by atoms with E-state index in [1.807, 2.05) is 6.92 Å². The fourth-order valence-electron chi connectivity index (χ4n) is 2.69. The molecule has 0 unspecified atom stereocenters. The second kappa shape index (κ2) is 11.8. The Morgan fingerprint density at radius 2 is 1.80 bits per heavy atom. The van der Waals surface area contributed by atoms with Crippen LogP contribution < -0.4 is 15.4 Å². The second-order valence-electron chi connectivity index (χ2n) is 6.64. The van der Waals surface area contributed by atoms with E-state index in [1.165, 1.54) is 4.90 Å². The predicted molar refractivity (Wildman–Crippen MR) is 117 cm³/mol. The van der Waals surface area contributed by atoms with Crippen molar-refractivity contribution in [3.63, 3.8) is 0 Å². The highest BCUT2D eigenvalue weighted by Gasteiger charge is 2.19. The molecular formula is C22H26ClN3O4. The zero-order valence-electron chi connectivity index (χ0n) is 17.1. The zero-order chi connectivity index (χ0) is 21.9. The number of hydrogen-bond acceptors (Lipinski definition) is 4. The van der Waals surface area contributed by atoms with Crippen molar-refractivity contribution in [3.05, 3.63) is 59.1 Å². The lowest BCUT2D eigenvalue weighted by molar-refractivity contribution is -0.124. The molecule has 2 rings (SSSR count). The molecule has 0 fully saturated rings. The first-order valence-electron chi connectivity index (χ1n) is 9.68. The number of amides is 3. The summed E-state index contributed by atoms with van der Waals surface area (Å²) in [5.41, 5.74) is 1.01. The normalized spacial score (nSPS) is 10.2.